The van der Waals surface area contributed by atoms with E-state index in [4.69, 9.17) is 9.26 Å². The highest BCUT2D eigenvalue weighted by atomic mass is 16.5. The summed E-state index contributed by atoms with van der Waals surface area (Å²) in [7, 11) is 0. The standard InChI is InChI=1S/C21H28N2O3/c1-14-6-4-5-7-20(14)22-21(24)12-17-8-10-18(11-9-17)25-13-19-15(2)23-26-16(19)3/h8-11,14,20H,4-7,12-13H2,1-3H3,(H,22,24)/t14-,20-/m1/s1. The molecule has 1 aromatic heterocycles. The normalized spacial score (nSPS) is 20.0. The summed E-state index contributed by atoms with van der Waals surface area (Å²) in [6.07, 6.45) is 5.21. The summed E-state index contributed by atoms with van der Waals surface area (Å²) in [5, 5.41) is 7.13. The number of hydrogen-bond acceptors (Lipinski definition) is 4. The van der Waals surface area contributed by atoms with Gasteiger partial charge in [0.15, 0.2) is 0 Å². The lowest BCUT2D eigenvalue weighted by Gasteiger charge is -2.29. The molecule has 1 N–H and O–H groups in total. The van der Waals surface area contributed by atoms with E-state index < -0.39 is 0 Å². The summed E-state index contributed by atoms with van der Waals surface area (Å²) in [5.74, 6) is 2.24. The molecule has 0 radical (unpaired) electrons. The Balaban J connectivity index is 1.50. The first-order valence-electron chi connectivity index (χ1n) is 9.46. The van der Waals surface area contributed by atoms with Crippen molar-refractivity contribution in [2.24, 2.45) is 5.92 Å². The van der Waals surface area contributed by atoms with Crippen LogP contribution in [0.15, 0.2) is 28.8 Å². The van der Waals surface area contributed by atoms with Crippen molar-refractivity contribution in [1.29, 1.82) is 0 Å². The third kappa shape index (κ3) is 4.65. The van der Waals surface area contributed by atoms with Crippen LogP contribution in [0.5, 0.6) is 5.75 Å². The van der Waals surface area contributed by atoms with E-state index in [2.05, 4.69) is 17.4 Å². The lowest BCUT2D eigenvalue weighted by atomic mass is 9.86. The molecule has 1 heterocycles. The Bertz CT molecular complexity index is 717. The lowest BCUT2D eigenvalue weighted by Crippen LogP contribution is -2.41. The summed E-state index contributed by atoms with van der Waals surface area (Å²) < 4.78 is 10.9. The molecule has 0 aliphatic heterocycles. The summed E-state index contributed by atoms with van der Waals surface area (Å²) in [5.41, 5.74) is 2.83. The van der Waals surface area contributed by atoms with Crippen molar-refractivity contribution in [3.05, 3.63) is 46.8 Å². The zero-order valence-electron chi connectivity index (χ0n) is 15.9. The third-order valence-corrected chi connectivity index (χ3v) is 5.31. The number of carbonyl (C=O) groups is 1. The molecule has 2 aromatic rings. The quantitative estimate of drug-likeness (QED) is 0.846. The van der Waals surface area contributed by atoms with Gasteiger partial charge in [-0.1, -0.05) is 37.1 Å². The second-order valence-electron chi connectivity index (χ2n) is 7.35. The molecule has 0 bridgehead atoms. The highest BCUT2D eigenvalue weighted by molar-refractivity contribution is 5.78. The van der Waals surface area contributed by atoms with Gasteiger partial charge < -0.3 is 14.6 Å². The van der Waals surface area contributed by atoms with Gasteiger partial charge in [-0.25, -0.2) is 0 Å². The largest absolute Gasteiger partial charge is 0.489 e. The van der Waals surface area contributed by atoms with Crippen molar-refractivity contribution >= 4 is 5.91 Å². The van der Waals surface area contributed by atoms with E-state index in [1.165, 1.54) is 19.3 Å². The van der Waals surface area contributed by atoms with E-state index in [1.54, 1.807) is 0 Å². The molecule has 0 saturated heterocycles. The van der Waals surface area contributed by atoms with Crippen molar-refractivity contribution in [2.45, 2.75) is 65.5 Å². The molecule has 3 rings (SSSR count). The van der Waals surface area contributed by atoms with Crippen LogP contribution < -0.4 is 10.1 Å². The molecule has 5 heteroatoms. The maximum absolute atomic E-state index is 12.3. The van der Waals surface area contributed by atoms with E-state index in [9.17, 15) is 4.79 Å². The number of rotatable bonds is 6. The predicted octanol–water partition coefficient (Wildman–Crippen LogP) is 4.11. The Morgan fingerprint density at radius 3 is 2.62 bits per heavy atom. The van der Waals surface area contributed by atoms with Gasteiger partial charge in [0, 0.05) is 6.04 Å². The minimum Gasteiger partial charge on any atom is -0.489 e. The molecular formula is C21H28N2O3. The van der Waals surface area contributed by atoms with E-state index in [0.29, 0.717) is 25.0 Å². The Kier molecular flexibility index (Phi) is 5.96. The number of ether oxygens (including phenoxy) is 1. The molecule has 1 aliphatic carbocycles. The number of amides is 1. The van der Waals surface area contributed by atoms with Gasteiger partial charge in [-0.15, -0.1) is 0 Å². The lowest BCUT2D eigenvalue weighted by molar-refractivity contribution is -0.121. The average molecular weight is 356 g/mol. The summed E-state index contributed by atoms with van der Waals surface area (Å²) >= 11 is 0. The summed E-state index contributed by atoms with van der Waals surface area (Å²) in [6.45, 7) is 6.45. The third-order valence-electron chi connectivity index (χ3n) is 5.31. The first-order chi connectivity index (χ1) is 12.5. The van der Waals surface area contributed by atoms with Gasteiger partial charge in [0.05, 0.1) is 17.7 Å². The fraction of sp³-hybridized carbons (Fsp3) is 0.524. The maximum atomic E-state index is 12.3. The molecule has 5 nitrogen and oxygen atoms in total. The van der Waals surface area contributed by atoms with Crippen molar-refractivity contribution in [3.8, 4) is 5.75 Å². The zero-order chi connectivity index (χ0) is 18.5. The van der Waals surface area contributed by atoms with Gasteiger partial charge in [-0.05, 0) is 50.3 Å². The van der Waals surface area contributed by atoms with E-state index in [-0.39, 0.29) is 5.91 Å². The van der Waals surface area contributed by atoms with Crippen LogP contribution >= 0.6 is 0 Å². The van der Waals surface area contributed by atoms with Crippen LogP contribution in [0.25, 0.3) is 0 Å². The molecule has 1 aliphatic rings. The average Bonchev–Trinajstić information content (AvgIpc) is 2.94. The number of nitrogens with zero attached hydrogens (tertiary/aromatic N) is 1. The Morgan fingerprint density at radius 2 is 1.96 bits per heavy atom. The van der Waals surface area contributed by atoms with Crippen molar-refractivity contribution in [1.82, 2.24) is 10.5 Å². The van der Waals surface area contributed by atoms with Crippen LogP contribution in [0.2, 0.25) is 0 Å². The molecule has 26 heavy (non-hydrogen) atoms. The second-order valence-corrected chi connectivity index (χ2v) is 7.35. The molecule has 1 saturated carbocycles. The number of aryl methyl sites for hydroxylation is 2. The first kappa shape index (κ1) is 18.5. The fourth-order valence-corrected chi connectivity index (χ4v) is 3.54. The molecule has 0 spiro atoms. The topological polar surface area (TPSA) is 64.4 Å². The molecule has 1 amide bonds. The van der Waals surface area contributed by atoms with E-state index in [1.807, 2.05) is 38.1 Å². The van der Waals surface area contributed by atoms with E-state index >= 15 is 0 Å². The second kappa shape index (κ2) is 8.39. The summed E-state index contributed by atoms with van der Waals surface area (Å²) in [4.78, 5) is 12.3. The monoisotopic (exact) mass is 356 g/mol. The Labute approximate surface area is 155 Å². The number of hydrogen-bond donors (Lipinski definition) is 1. The molecule has 1 fully saturated rings. The van der Waals surface area contributed by atoms with Crippen molar-refractivity contribution in [3.63, 3.8) is 0 Å². The Morgan fingerprint density at radius 1 is 1.23 bits per heavy atom. The molecule has 2 atom stereocenters. The molecule has 1 aromatic carbocycles. The van der Waals surface area contributed by atoms with Crippen LogP contribution in [0.3, 0.4) is 0 Å². The van der Waals surface area contributed by atoms with Crippen LogP contribution in [-0.2, 0) is 17.8 Å². The number of nitrogens with one attached hydrogen (secondary N) is 1. The fourth-order valence-electron chi connectivity index (χ4n) is 3.54. The van der Waals surface area contributed by atoms with Gasteiger partial charge >= 0.3 is 0 Å². The molecule has 140 valence electrons. The Hall–Kier alpha value is -2.30. The van der Waals surface area contributed by atoms with Crippen molar-refractivity contribution in [2.75, 3.05) is 0 Å². The van der Waals surface area contributed by atoms with Crippen LogP contribution in [0.4, 0.5) is 0 Å². The number of aromatic nitrogens is 1. The predicted molar refractivity (Wildman–Crippen MR) is 100 cm³/mol. The highest BCUT2D eigenvalue weighted by Crippen LogP contribution is 2.24. The van der Waals surface area contributed by atoms with Crippen LogP contribution in [-0.4, -0.2) is 17.1 Å². The van der Waals surface area contributed by atoms with Crippen LogP contribution in [0, 0.1) is 19.8 Å². The summed E-state index contributed by atoms with van der Waals surface area (Å²) in [6, 6.07) is 8.04. The smallest absolute Gasteiger partial charge is 0.224 e. The van der Waals surface area contributed by atoms with Crippen molar-refractivity contribution < 1.29 is 14.1 Å². The SMILES string of the molecule is Cc1noc(C)c1COc1ccc(CC(=O)N[C@@H]2CCCC[C@H]2C)cc1. The minimum atomic E-state index is 0.105. The number of benzene rings is 1. The van der Waals surface area contributed by atoms with Gasteiger partial charge in [0.2, 0.25) is 5.91 Å². The van der Waals surface area contributed by atoms with Gasteiger partial charge in [0.25, 0.3) is 0 Å². The van der Waals surface area contributed by atoms with Gasteiger partial charge in [-0.3, -0.25) is 4.79 Å². The molecular weight excluding hydrogens is 328 g/mol. The maximum Gasteiger partial charge on any atom is 0.224 e. The highest BCUT2D eigenvalue weighted by Gasteiger charge is 2.22. The number of carbonyl (C=O) groups excluding carboxylic acids is 1. The van der Waals surface area contributed by atoms with Crippen LogP contribution in [0.1, 0.15) is 55.2 Å². The minimum absolute atomic E-state index is 0.105. The first-order valence-corrected chi connectivity index (χ1v) is 9.46. The molecule has 0 unspecified atom stereocenters. The van der Waals surface area contributed by atoms with E-state index in [0.717, 1.165) is 34.8 Å². The van der Waals surface area contributed by atoms with Gasteiger partial charge in [0.1, 0.15) is 18.1 Å². The van der Waals surface area contributed by atoms with Gasteiger partial charge in [-0.2, -0.15) is 0 Å². The zero-order valence-corrected chi connectivity index (χ0v) is 15.9.